The van der Waals surface area contributed by atoms with Gasteiger partial charge in [0, 0.05) is 13.5 Å². The summed E-state index contributed by atoms with van der Waals surface area (Å²) >= 11 is 0. The van der Waals surface area contributed by atoms with Gasteiger partial charge in [0.05, 0.1) is 12.0 Å². The molecule has 0 radical (unpaired) electrons. The molecule has 126 valence electrons. The van der Waals surface area contributed by atoms with E-state index >= 15 is 0 Å². The van der Waals surface area contributed by atoms with Gasteiger partial charge in [-0.3, -0.25) is 4.79 Å². The lowest BCUT2D eigenvalue weighted by atomic mass is 9.77. The summed E-state index contributed by atoms with van der Waals surface area (Å²) in [6.07, 6.45) is 2.57. The molecule has 0 spiro atoms. The molecule has 23 heavy (non-hydrogen) atoms. The zero-order valence-electron chi connectivity index (χ0n) is 12.8. The van der Waals surface area contributed by atoms with Crippen LogP contribution in [-0.4, -0.2) is 40.8 Å². The van der Waals surface area contributed by atoms with Gasteiger partial charge in [0.2, 0.25) is 5.91 Å². The SMILES string of the molecule is COC1(CC(=O)NC(Cc2ccc(O)c(F)c2)C(=O)O)CCC1. The van der Waals surface area contributed by atoms with Crippen LogP contribution in [0.15, 0.2) is 18.2 Å². The van der Waals surface area contributed by atoms with E-state index in [1.807, 2.05) is 0 Å². The fourth-order valence-electron chi connectivity index (χ4n) is 2.68. The van der Waals surface area contributed by atoms with E-state index in [-0.39, 0.29) is 12.8 Å². The highest BCUT2D eigenvalue weighted by Crippen LogP contribution is 2.37. The monoisotopic (exact) mass is 325 g/mol. The number of phenolic OH excluding ortho intramolecular Hbond substituents is 1. The number of hydrogen-bond acceptors (Lipinski definition) is 4. The Labute approximate surface area is 133 Å². The van der Waals surface area contributed by atoms with Crippen LogP contribution in [0, 0.1) is 5.82 Å². The van der Waals surface area contributed by atoms with Crippen LogP contribution in [0.3, 0.4) is 0 Å². The third-order valence-electron chi connectivity index (χ3n) is 4.27. The molecule has 0 aliphatic heterocycles. The summed E-state index contributed by atoms with van der Waals surface area (Å²) in [5.41, 5.74) is -0.115. The van der Waals surface area contributed by atoms with Crippen molar-refractivity contribution in [3.63, 3.8) is 0 Å². The Bertz CT molecular complexity index is 595. The molecule has 3 N–H and O–H groups in total. The van der Waals surface area contributed by atoms with E-state index in [9.17, 15) is 19.1 Å². The summed E-state index contributed by atoms with van der Waals surface area (Å²) < 4.78 is 18.7. The minimum absolute atomic E-state index is 0.0712. The van der Waals surface area contributed by atoms with Crippen LogP contribution in [0.1, 0.15) is 31.2 Å². The van der Waals surface area contributed by atoms with Gasteiger partial charge in [0.1, 0.15) is 6.04 Å². The Morgan fingerprint density at radius 2 is 2.13 bits per heavy atom. The minimum Gasteiger partial charge on any atom is -0.505 e. The molecule has 1 fully saturated rings. The number of ether oxygens (including phenoxy) is 1. The maximum atomic E-state index is 13.3. The number of hydrogen-bond donors (Lipinski definition) is 3. The van der Waals surface area contributed by atoms with Crippen LogP contribution in [0.2, 0.25) is 0 Å². The number of halogens is 1. The summed E-state index contributed by atoms with van der Waals surface area (Å²) in [6.45, 7) is 0. The Kier molecular flexibility index (Phi) is 5.20. The predicted molar refractivity (Wildman–Crippen MR) is 79.5 cm³/mol. The van der Waals surface area contributed by atoms with Gasteiger partial charge in [-0.15, -0.1) is 0 Å². The number of nitrogens with one attached hydrogen (secondary N) is 1. The third kappa shape index (κ3) is 4.19. The fraction of sp³-hybridized carbons (Fsp3) is 0.500. The maximum Gasteiger partial charge on any atom is 0.326 e. The van der Waals surface area contributed by atoms with Crippen molar-refractivity contribution >= 4 is 11.9 Å². The smallest absolute Gasteiger partial charge is 0.326 e. The topological polar surface area (TPSA) is 95.9 Å². The number of aromatic hydroxyl groups is 1. The van der Waals surface area contributed by atoms with Crippen molar-refractivity contribution in [3.05, 3.63) is 29.6 Å². The van der Waals surface area contributed by atoms with Crippen LogP contribution < -0.4 is 5.32 Å². The fourth-order valence-corrected chi connectivity index (χ4v) is 2.68. The molecule has 1 amide bonds. The second-order valence-electron chi connectivity index (χ2n) is 5.87. The van der Waals surface area contributed by atoms with Gasteiger partial charge in [-0.2, -0.15) is 0 Å². The second-order valence-corrected chi connectivity index (χ2v) is 5.87. The Morgan fingerprint density at radius 3 is 2.61 bits per heavy atom. The van der Waals surface area contributed by atoms with E-state index < -0.39 is 35.1 Å². The van der Waals surface area contributed by atoms with Crippen LogP contribution >= 0.6 is 0 Å². The van der Waals surface area contributed by atoms with E-state index in [4.69, 9.17) is 9.84 Å². The summed E-state index contributed by atoms with van der Waals surface area (Å²) in [7, 11) is 1.54. The van der Waals surface area contributed by atoms with Gasteiger partial charge in [-0.05, 0) is 37.0 Å². The number of carbonyl (C=O) groups is 2. The predicted octanol–water partition coefficient (Wildman–Crippen LogP) is 1.60. The number of amides is 1. The molecule has 0 aromatic heterocycles. The molecule has 0 bridgehead atoms. The van der Waals surface area contributed by atoms with Crippen molar-refractivity contribution in [1.29, 1.82) is 0 Å². The van der Waals surface area contributed by atoms with Crippen molar-refractivity contribution in [3.8, 4) is 5.75 Å². The number of phenols is 1. The highest BCUT2D eigenvalue weighted by atomic mass is 19.1. The Morgan fingerprint density at radius 1 is 1.43 bits per heavy atom. The van der Waals surface area contributed by atoms with Crippen LogP contribution in [0.25, 0.3) is 0 Å². The first kappa shape index (κ1) is 17.2. The van der Waals surface area contributed by atoms with Crippen molar-refractivity contribution in [2.24, 2.45) is 0 Å². The molecule has 1 saturated carbocycles. The van der Waals surface area contributed by atoms with Crippen molar-refractivity contribution in [2.45, 2.75) is 43.7 Å². The zero-order chi connectivity index (χ0) is 17.0. The van der Waals surface area contributed by atoms with Crippen molar-refractivity contribution < 1.29 is 28.9 Å². The number of aliphatic carboxylic acids is 1. The van der Waals surface area contributed by atoms with E-state index in [1.165, 1.54) is 6.07 Å². The molecule has 0 heterocycles. The van der Waals surface area contributed by atoms with Gasteiger partial charge in [-0.1, -0.05) is 6.07 Å². The van der Waals surface area contributed by atoms with Crippen molar-refractivity contribution in [2.75, 3.05) is 7.11 Å². The van der Waals surface area contributed by atoms with E-state index in [1.54, 1.807) is 7.11 Å². The summed E-state index contributed by atoms with van der Waals surface area (Å²) in [6, 6.07) is 2.46. The second kappa shape index (κ2) is 6.95. The number of carbonyl (C=O) groups excluding carboxylic acids is 1. The normalized spacial score (nSPS) is 17.1. The lowest BCUT2D eigenvalue weighted by Crippen LogP contribution is -2.48. The van der Waals surface area contributed by atoms with Gasteiger partial charge in [0.15, 0.2) is 11.6 Å². The van der Waals surface area contributed by atoms with Crippen molar-refractivity contribution in [1.82, 2.24) is 5.32 Å². The molecule has 1 aliphatic carbocycles. The van der Waals surface area contributed by atoms with E-state index in [0.29, 0.717) is 5.56 Å². The maximum absolute atomic E-state index is 13.3. The third-order valence-corrected chi connectivity index (χ3v) is 4.27. The van der Waals surface area contributed by atoms with Gasteiger partial charge < -0.3 is 20.3 Å². The number of benzene rings is 1. The first-order valence-corrected chi connectivity index (χ1v) is 7.40. The van der Waals surface area contributed by atoms with Gasteiger partial charge >= 0.3 is 5.97 Å². The number of methoxy groups -OCH3 is 1. The van der Waals surface area contributed by atoms with Gasteiger partial charge in [0.25, 0.3) is 0 Å². The zero-order valence-corrected chi connectivity index (χ0v) is 12.8. The first-order valence-electron chi connectivity index (χ1n) is 7.40. The molecule has 1 aromatic rings. The lowest BCUT2D eigenvalue weighted by molar-refractivity contribution is -0.144. The average molecular weight is 325 g/mol. The molecule has 0 saturated heterocycles. The average Bonchev–Trinajstić information content (AvgIpc) is 2.46. The lowest BCUT2D eigenvalue weighted by Gasteiger charge is -2.40. The summed E-state index contributed by atoms with van der Waals surface area (Å²) in [5.74, 6) is -2.94. The van der Waals surface area contributed by atoms with Crippen LogP contribution in [0.4, 0.5) is 4.39 Å². The number of carboxylic acid groups (broad SMARTS) is 1. The molecular formula is C16H20FNO5. The standard InChI is InChI=1S/C16H20FNO5/c1-23-16(5-2-6-16)9-14(20)18-12(15(21)22)8-10-3-4-13(19)11(17)7-10/h3-4,7,12,19H,2,5-6,8-9H2,1H3,(H,18,20)(H,21,22). The molecular weight excluding hydrogens is 305 g/mol. The van der Waals surface area contributed by atoms with E-state index in [0.717, 1.165) is 31.4 Å². The molecule has 7 heteroatoms. The van der Waals surface area contributed by atoms with Crippen LogP contribution in [-0.2, 0) is 20.7 Å². The molecule has 1 atom stereocenters. The largest absolute Gasteiger partial charge is 0.505 e. The number of rotatable bonds is 7. The minimum atomic E-state index is -1.20. The molecule has 1 aromatic carbocycles. The Hall–Kier alpha value is -2.15. The summed E-state index contributed by atoms with van der Waals surface area (Å²) in [4.78, 5) is 23.4. The summed E-state index contributed by atoms with van der Waals surface area (Å²) in [5, 5.41) is 20.8. The molecule has 1 unspecified atom stereocenters. The molecule has 2 rings (SSSR count). The molecule has 6 nitrogen and oxygen atoms in total. The van der Waals surface area contributed by atoms with Gasteiger partial charge in [-0.25, -0.2) is 9.18 Å². The molecule has 1 aliphatic rings. The first-order chi connectivity index (χ1) is 10.8. The van der Waals surface area contributed by atoms with E-state index in [2.05, 4.69) is 5.32 Å². The quantitative estimate of drug-likeness (QED) is 0.708. The highest BCUT2D eigenvalue weighted by molar-refractivity contribution is 5.84. The number of carboxylic acids is 1. The Balaban J connectivity index is 1.99. The highest BCUT2D eigenvalue weighted by Gasteiger charge is 2.39. The van der Waals surface area contributed by atoms with Crippen LogP contribution in [0.5, 0.6) is 5.75 Å².